The number of carboxylic acids is 2. The largest absolute Gasteiger partial charge is 0.479 e. The molecule has 1 saturated carbocycles. The van der Waals surface area contributed by atoms with Crippen LogP contribution in [0.15, 0.2) is 60.7 Å². The van der Waals surface area contributed by atoms with Gasteiger partial charge in [-0.15, -0.1) is 0 Å². The molecule has 238 valence electrons. The van der Waals surface area contributed by atoms with Crippen molar-refractivity contribution in [2.45, 2.75) is 108 Å². The van der Waals surface area contributed by atoms with Crippen LogP contribution < -0.4 is 0 Å². The number of carboxylic acid groups (broad SMARTS) is 2. The van der Waals surface area contributed by atoms with Crippen molar-refractivity contribution in [1.29, 1.82) is 0 Å². The Kier molecular flexibility index (Phi) is 12.6. The monoisotopic (exact) mass is 606 g/mol. The molecule has 0 radical (unpaired) electrons. The molecule has 2 aromatic rings. The number of benzene rings is 2. The fraction of sp³-hybridized carbons (Fsp3) is 0.528. The highest BCUT2D eigenvalue weighted by Crippen LogP contribution is 2.42. The number of ether oxygens (including phenoxy) is 3. The molecule has 2 fully saturated rings. The molecule has 2 N–H and O–H groups in total. The normalized spacial score (nSPS) is 23.2. The summed E-state index contributed by atoms with van der Waals surface area (Å²) in [7, 11) is 0. The summed E-state index contributed by atoms with van der Waals surface area (Å²) in [6.45, 7) is 5.76. The predicted molar refractivity (Wildman–Crippen MR) is 167 cm³/mol. The Balaban J connectivity index is 1.19. The van der Waals surface area contributed by atoms with E-state index in [0.717, 1.165) is 24.3 Å². The average Bonchev–Trinajstić information content (AvgIpc) is 3.49. The van der Waals surface area contributed by atoms with Crippen LogP contribution in [0.2, 0.25) is 0 Å². The first-order chi connectivity index (χ1) is 21.2. The zero-order valence-corrected chi connectivity index (χ0v) is 25.7. The minimum atomic E-state index is -1.55. The number of esters is 1. The minimum Gasteiger partial charge on any atom is -0.479 e. The molecule has 2 atom stereocenters. The van der Waals surface area contributed by atoms with E-state index < -0.39 is 30.4 Å². The van der Waals surface area contributed by atoms with Gasteiger partial charge < -0.3 is 24.4 Å². The molecule has 44 heavy (non-hydrogen) atoms. The van der Waals surface area contributed by atoms with E-state index in [1.807, 2.05) is 24.3 Å². The zero-order chi connectivity index (χ0) is 31.5. The van der Waals surface area contributed by atoms with Gasteiger partial charge in [-0.2, -0.15) is 0 Å². The molecule has 8 heteroatoms. The fourth-order valence-corrected chi connectivity index (χ4v) is 6.38. The lowest BCUT2D eigenvalue weighted by molar-refractivity contribution is -0.156. The third-order valence-electron chi connectivity index (χ3n) is 8.88. The number of aliphatic carboxylic acids is 2. The van der Waals surface area contributed by atoms with E-state index >= 15 is 0 Å². The predicted octanol–water partition coefficient (Wildman–Crippen LogP) is 7.82. The number of hydrogen-bond acceptors (Lipinski definition) is 6. The van der Waals surface area contributed by atoms with Crippen molar-refractivity contribution < 1.29 is 38.8 Å². The van der Waals surface area contributed by atoms with E-state index in [9.17, 15) is 24.6 Å². The van der Waals surface area contributed by atoms with Gasteiger partial charge in [-0.3, -0.25) is 0 Å². The number of hydrogen-bond donors (Lipinski definition) is 2. The molecule has 1 saturated heterocycles. The summed E-state index contributed by atoms with van der Waals surface area (Å²) in [5.74, 6) is -1.69. The summed E-state index contributed by atoms with van der Waals surface area (Å²) in [6, 6.07) is 16.1. The summed E-state index contributed by atoms with van der Waals surface area (Å²) in [4.78, 5) is 34.2. The molecule has 0 bridgehead atoms. The number of unbranched alkanes of at least 4 members (excludes halogenated alkanes) is 6. The molecule has 0 amide bonds. The van der Waals surface area contributed by atoms with Crippen molar-refractivity contribution in [3.8, 4) is 11.1 Å². The maximum Gasteiger partial charge on any atom is 0.336 e. The highest BCUT2D eigenvalue weighted by Gasteiger charge is 2.46. The Morgan fingerprint density at radius 3 is 1.95 bits per heavy atom. The molecule has 2 unspecified atom stereocenters. The van der Waals surface area contributed by atoms with Crippen molar-refractivity contribution in [2.24, 2.45) is 5.92 Å². The van der Waals surface area contributed by atoms with Gasteiger partial charge in [0.2, 0.25) is 0 Å². The number of carbonyl (C=O) groups is 3. The van der Waals surface area contributed by atoms with Crippen LogP contribution in [-0.2, 0) is 28.6 Å². The summed E-state index contributed by atoms with van der Waals surface area (Å²) in [5, 5.41) is 18.6. The van der Waals surface area contributed by atoms with Crippen molar-refractivity contribution in [3.05, 3.63) is 71.8 Å². The standard InChI is InChI=1S/C36H46O8/c1-24(2)35(41)42-23-11-7-5-3-4-6-8-12-25-15-17-26(18-16-25)29-13-9-10-14-30(29)27-19-21-28(22-20-27)36-43-31(33(37)38)32(44-36)34(39)40/h9-10,13-14,19-22,25-26,31-32,36H,1,3-8,11-12,15-18,23H2,2H3,(H,37,38)(H,39,40). The van der Waals surface area contributed by atoms with Crippen LogP contribution in [0.1, 0.15) is 107 Å². The molecule has 1 aliphatic heterocycles. The Hall–Kier alpha value is -3.49. The smallest absolute Gasteiger partial charge is 0.336 e. The average molecular weight is 607 g/mol. The number of rotatable bonds is 16. The van der Waals surface area contributed by atoms with Crippen LogP contribution in [0.3, 0.4) is 0 Å². The van der Waals surface area contributed by atoms with E-state index in [2.05, 4.69) is 30.8 Å². The Labute approximate surface area is 260 Å². The lowest BCUT2D eigenvalue weighted by Crippen LogP contribution is -2.36. The molecule has 1 aliphatic carbocycles. The second-order valence-corrected chi connectivity index (χ2v) is 12.2. The Bertz CT molecular complexity index is 1240. The van der Waals surface area contributed by atoms with Crippen molar-refractivity contribution in [2.75, 3.05) is 6.61 Å². The third kappa shape index (κ3) is 9.26. The topological polar surface area (TPSA) is 119 Å². The Morgan fingerprint density at radius 1 is 0.795 bits per heavy atom. The van der Waals surface area contributed by atoms with E-state index in [1.165, 1.54) is 75.3 Å². The number of carbonyl (C=O) groups excluding carboxylic acids is 1. The van der Waals surface area contributed by atoms with Crippen molar-refractivity contribution >= 4 is 17.9 Å². The molecule has 1 heterocycles. The van der Waals surface area contributed by atoms with Crippen LogP contribution in [0, 0.1) is 5.92 Å². The molecular formula is C36H46O8. The van der Waals surface area contributed by atoms with E-state index in [1.54, 1.807) is 6.92 Å². The fourth-order valence-electron chi connectivity index (χ4n) is 6.38. The molecular weight excluding hydrogens is 560 g/mol. The van der Waals surface area contributed by atoms with Gasteiger partial charge in [-0.05, 0) is 67.6 Å². The van der Waals surface area contributed by atoms with Gasteiger partial charge in [0.1, 0.15) is 0 Å². The molecule has 4 rings (SSSR count). The second kappa shape index (κ2) is 16.5. The summed E-state index contributed by atoms with van der Waals surface area (Å²) >= 11 is 0. The summed E-state index contributed by atoms with van der Waals surface area (Å²) in [6.07, 6.45) is 10.4. The molecule has 8 nitrogen and oxygen atoms in total. The van der Waals surface area contributed by atoms with Gasteiger partial charge in [-0.1, -0.05) is 100 Å². The molecule has 2 aliphatic rings. The third-order valence-corrected chi connectivity index (χ3v) is 8.88. The Morgan fingerprint density at radius 2 is 1.36 bits per heavy atom. The van der Waals surface area contributed by atoms with Crippen molar-refractivity contribution in [1.82, 2.24) is 0 Å². The first-order valence-electron chi connectivity index (χ1n) is 16.0. The lowest BCUT2D eigenvalue weighted by atomic mass is 9.75. The lowest BCUT2D eigenvalue weighted by Gasteiger charge is -2.30. The van der Waals surface area contributed by atoms with E-state index in [-0.39, 0.29) is 5.97 Å². The quantitative estimate of drug-likeness (QED) is 0.113. The van der Waals surface area contributed by atoms with Gasteiger partial charge in [0.15, 0.2) is 18.5 Å². The van der Waals surface area contributed by atoms with Gasteiger partial charge >= 0.3 is 17.9 Å². The van der Waals surface area contributed by atoms with Crippen LogP contribution >= 0.6 is 0 Å². The molecule has 0 spiro atoms. The summed E-state index contributed by atoms with van der Waals surface area (Å²) in [5.41, 5.74) is 4.65. The van der Waals surface area contributed by atoms with E-state index in [4.69, 9.17) is 14.2 Å². The van der Waals surface area contributed by atoms with Crippen molar-refractivity contribution in [3.63, 3.8) is 0 Å². The SMILES string of the molecule is C=C(C)C(=O)OCCCCCCCCCC1CCC(c2ccccc2-c2ccc(C3OC(C(=O)O)C(C(=O)O)O3)cc2)CC1. The highest BCUT2D eigenvalue weighted by atomic mass is 16.7. The van der Waals surface area contributed by atoms with Gasteiger partial charge in [-0.25, -0.2) is 14.4 Å². The maximum absolute atomic E-state index is 11.4. The molecule has 2 aromatic carbocycles. The minimum absolute atomic E-state index is 0.293. The van der Waals surface area contributed by atoms with Gasteiger partial charge in [0.25, 0.3) is 0 Å². The van der Waals surface area contributed by atoms with Gasteiger partial charge in [0.05, 0.1) is 6.61 Å². The summed E-state index contributed by atoms with van der Waals surface area (Å²) < 4.78 is 16.0. The van der Waals surface area contributed by atoms with E-state index in [0.29, 0.717) is 23.7 Å². The molecule has 0 aromatic heterocycles. The van der Waals surface area contributed by atoms with Crippen LogP contribution in [0.4, 0.5) is 0 Å². The highest BCUT2D eigenvalue weighted by molar-refractivity contribution is 5.87. The first kappa shape index (κ1) is 33.4. The second-order valence-electron chi connectivity index (χ2n) is 12.2. The first-order valence-corrected chi connectivity index (χ1v) is 16.0. The van der Waals surface area contributed by atoms with Gasteiger partial charge in [0, 0.05) is 11.1 Å². The van der Waals surface area contributed by atoms with Crippen LogP contribution in [-0.4, -0.2) is 46.9 Å². The van der Waals surface area contributed by atoms with Crippen LogP contribution in [0.5, 0.6) is 0 Å². The maximum atomic E-state index is 11.4. The zero-order valence-electron chi connectivity index (χ0n) is 25.7. The van der Waals surface area contributed by atoms with Crippen LogP contribution in [0.25, 0.3) is 11.1 Å².